The minimum absolute atomic E-state index is 0.0752. The van der Waals surface area contributed by atoms with Crippen LogP contribution < -0.4 is 10.1 Å². The lowest BCUT2D eigenvalue weighted by Gasteiger charge is -2.16. The Bertz CT molecular complexity index is 771. The third-order valence-corrected chi connectivity index (χ3v) is 3.75. The SMILES string of the molecule is COc1cccc(C(F)(F)F)c1NC(=O)c1nc(SC)ncc1Cl. The Morgan fingerprint density at radius 1 is 1.38 bits per heavy atom. The first kappa shape index (κ1) is 18.3. The normalized spacial score (nSPS) is 11.2. The van der Waals surface area contributed by atoms with Gasteiger partial charge in [-0.3, -0.25) is 4.79 Å². The number of rotatable bonds is 4. The minimum atomic E-state index is -4.67. The number of benzene rings is 1. The summed E-state index contributed by atoms with van der Waals surface area (Å²) in [5.41, 5.74) is -1.77. The maximum Gasteiger partial charge on any atom is 0.418 e. The molecule has 0 saturated heterocycles. The van der Waals surface area contributed by atoms with Crippen LogP contribution in [-0.4, -0.2) is 29.2 Å². The van der Waals surface area contributed by atoms with Gasteiger partial charge in [0.1, 0.15) is 5.75 Å². The summed E-state index contributed by atoms with van der Waals surface area (Å²) in [5, 5.41) is 2.37. The molecule has 24 heavy (non-hydrogen) atoms. The quantitative estimate of drug-likeness (QED) is 0.641. The Morgan fingerprint density at radius 3 is 2.67 bits per heavy atom. The van der Waals surface area contributed by atoms with E-state index in [9.17, 15) is 18.0 Å². The lowest BCUT2D eigenvalue weighted by molar-refractivity contribution is -0.137. The van der Waals surface area contributed by atoms with Crippen molar-refractivity contribution >= 4 is 35.0 Å². The molecule has 0 fully saturated rings. The van der Waals surface area contributed by atoms with Crippen molar-refractivity contribution in [2.24, 2.45) is 0 Å². The molecule has 2 aromatic rings. The van der Waals surface area contributed by atoms with Crippen molar-refractivity contribution in [3.05, 3.63) is 40.7 Å². The summed E-state index contributed by atoms with van der Waals surface area (Å²) >= 11 is 7.03. The summed E-state index contributed by atoms with van der Waals surface area (Å²) in [5.74, 6) is -1.03. The van der Waals surface area contributed by atoms with Gasteiger partial charge in [-0.15, -0.1) is 0 Å². The number of alkyl halides is 3. The summed E-state index contributed by atoms with van der Waals surface area (Å²) in [6.07, 6.45) is -1.77. The van der Waals surface area contributed by atoms with Gasteiger partial charge in [0, 0.05) is 0 Å². The molecule has 1 aromatic carbocycles. The molecule has 1 amide bonds. The summed E-state index contributed by atoms with van der Waals surface area (Å²) in [6, 6.07) is 3.33. The topological polar surface area (TPSA) is 64.1 Å². The van der Waals surface area contributed by atoms with E-state index in [1.165, 1.54) is 25.4 Å². The van der Waals surface area contributed by atoms with Crippen LogP contribution in [0.2, 0.25) is 5.02 Å². The van der Waals surface area contributed by atoms with Crippen LogP contribution in [0.4, 0.5) is 18.9 Å². The lowest BCUT2D eigenvalue weighted by Crippen LogP contribution is -2.19. The first-order valence-electron chi connectivity index (χ1n) is 6.40. The number of thioether (sulfide) groups is 1. The number of carbonyl (C=O) groups excluding carboxylic acids is 1. The van der Waals surface area contributed by atoms with Gasteiger partial charge in [-0.1, -0.05) is 29.4 Å². The number of anilines is 1. The molecule has 0 radical (unpaired) electrons. The largest absolute Gasteiger partial charge is 0.495 e. The van der Waals surface area contributed by atoms with Crippen molar-refractivity contribution in [1.29, 1.82) is 0 Å². The van der Waals surface area contributed by atoms with Crippen molar-refractivity contribution in [3.63, 3.8) is 0 Å². The van der Waals surface area contributed by atoms with Crippen molar-refractivity contribution in [2.45, 2.75) is 11.3 Å². The van der Waals surface area contributed by atoms with E-state index in [0.717, 1.165) is 17.8 Å². The highest BCUT2D eigenvalue weighted by Crippen LogP contribution is 2.40. The number of methoxy groups -OCH3 is 1. The molecule has 0 saturated carbocycles. The average molecular weight is 378 g/mol. The maximum absolute atomic E-state index is 13.2. The van der Waals surface area contributed by atoms with Crippen LogP contribution >= 0.6 is 23.4 Å². The zero-order valence-corrected chi connectivity index (χ0v) is 14.0. The number of hydrogen-bond donors (Lipinski definition) is 1. The predicted octanol–water partition coefficient (Wildman–Crippen LogP) is 4.13. The molecule has 0 bridgehead atoms. The van der Waals surface area contributed by atoms with Crippen molar-refractivity contribution in [1.82, 2.24) is 9.97 Å². The summed E-state index contributed by atoms with van der Waals surface area (Å²) in [4.78, 5) is 20.1. The fourth-order valence-electron chi connectivity index (χ4n) is 1.85. The standard InChI is InChI=1S/C14H11ClF3N3O2S/c1-23-9-5-3-4-7(14(16,17)18)10(9)20-12(22)11-8(15)6-19-13(21-11)24-2/h3-6H,1-2H3,(H,20,22). The molecule has 1 aromatic heterocycles. The Hall–Kier alpha value is -2.00. The second-order valence-corrected chi connectivity index (χ2v) is 5.57. The van der Waals surface area contributed by atoms with E-state index in [1.54, 1.807) is 6.26 Å². The zero-order chi connectivity index (χ0) is 17.9. The minimum Gasteiger partial charge on any atom is -0.495 e. The molecule has 0 atom stereocenters. The van der Waals surface area contributed by atoms with Crippen molar-refractivity contribution in [2.75, 3.05) is 18.7 Å². The summed E-state index contributed by atoms with van der Waals surface area (Å²) in [7, 11) is 1.20. The van der Waals surface area contributed by atoms with Crippen LogP contribution in [0.3, 0.4) is 0 Å². The molecule has 10 heteroatoms. The number of ether oxygens (including phenoxy) is 1. The van der Waals surface area contributed by atoms with Gasteiger partial charge >= 0.3 is 6.18 Å². The molecule has 5 nitrogen and oxygen atoms in total. The van der Waals surface area contributed by atoms with Crippen LogP contribution in [0.5, 0.6) is 5.75 Å². The first-order valence-corrected chi connectivity index (χ1v) is 8.00. The number of nitrogens with zero attached hydrogens (tertiary/aromatic N) is 2. The van der Waals surface area contributed by atoms with E-state index in [-0.39, 0.29) is 21.6 Å². The average Bonchev–Trinajstić information content (AvgIpc) is 2.54. The maximum atomic E-state index is 13.2. The van der Waals surface area contributed by atoms with Crippen molar-refractivity contribution < 1.29 is 22.7 Å². The fourth-order valence-corrected chi connectivity index (χ4v) is 2.37. The monoisotopic (exact) mass is 377 g/mol. The number of carbonyl (C=O) groups is 1. The molecular formula is C14H11ClF3N3O2S. The molecule has 2 rings (SSSR count). The Labute approximate surface area is 144 Å². The summed E-state index contributed by atoms with van der Waals surface area (Å²) < 4.78 is 44.4. The number of nitrogens with one attached hydrogen (secondary N) is 1. The highest BCUT2D eigenvalue weighted by molar-refractivity contribution is 7.98. The predicted molar refractivity (Wildman–Crippen MR) is 84.8 cm³/mol. The number of aromatic nitrogens is 2. The molecule has 1 heterocycles. The molecule has 0 aliphatic rings. The van der Waals surface area contributed by atoms with Gasteiger partial charge in [-0.05, 0) is 18.4 Å². The Morgan fingerprint density at radius 2 is 2.08 bits per heavy atom. The lowest BCUT2D eigenvalue weighted by atomic mass is 10.1. The Balaban J connectivity index is 2.46. The van der Waals surface area contributed by atoms with Crippen LogP contribution in [0.1, 0.15) is 16.1 Å². The van der Waals surface area contributed by atoms with Gasteiger partial charge in [0.25, 0.3) is 5.91 Å². The van der Waals surface area contributed by atoms with Gasteiger partial charge in [0.05, 0.1) is 29.6 Å². The number of para-hydroxylation sites is 1. The Kier molecular flexibility index (Phi) is 5.55. The van der Waals surface area contributed by atoms with Gasteiger partial charge in [-0.2, -0.15) is 13.2 Å². The molecule has 0 unspecified atom stereocenters. The highest BCUT2D eigenvalue weighted by Gasteiger charge is 2.35. The van der Waals surface area contributed by atoms with E-state index in [1.807, 2.05) is 0 Å². The number of hydrogen-bond acceptors (Lipinski definition) is 5. The van der Waals surface area contributed by atoms with Gasteiger partial charge < -0.3 is 10.1 Å². The fraction of sp³-hybridized carbons (Fsp3) is 0.214. The second-order valence-electron chi connectivity index (χ2n) is 4.39. The molecular weight excluding hydrogens is 367 g/mol. The second kappa shape index (κ2) is 7.27. The number of halogens is 4. The third kappa shape index (κ3) is 3.90. The van der Waals surface area contributed by atoms with Crippen LogP contribution in [0.25, 0.3) is 0 Å². The van der Waals surface area contributed by atoms with E-state index < -0.39 is 23.3 Å². The first-order chi connectivity index (χ1) is 11.3. The van der Waals surface area contributed by atoms with Crippen LogP contribution in [0.15, 0.2) is 29.6 Å². The highest BCUT2D eigenvalue weighted by atomic mass is 35.5. The molecule has 128 valence electrons. The number of amides is 1. The molecule has 1 N–H and O–H groups in total. The molecule has 0 spiro atoms. The van der Waals surface area contributed by atoms with E-state index in [2.05, 4.69) is 15.3 Å². The van der Waals surface area contributed by atoms with Crippen molar-refractivity contribution in [3.8, 4) is 5.75 Å². The van der Waals surface area contributed by atoms with Crippen LogP contribution in [-0.2, 0) is 6.18 Å². The third-order valence-electron chi connectivity index (χ3n) is 2.91. The smallest absolute Gasteiger partial charge is 0.418 e. The van der Waals surface area contributed by atoms with Gasteiger partial charge in [0.2, 0.25) is 0 Å². The van der Waals surface area contributed by atoms with E-state index in [4.69, 9.17) is 16.3 Å². The van der Waals surface area contributed by atoms with E-state index in [0.29, 0.717) is 0 Å². The molecule has 0 aliphatic heterocycles. The molecule has 0 aliphatic carbocycles. The van der Waals surface area contributed by atoms with Crippen LogP contribution in [0, 0.1) is 0 Å². The summed E-state index contributed by atoms with van der Waals surface area (Å²) in [6.45, 7) is 0. The zero-order valence-electron chi connectivity index (χ0n) is 12.4. The van der Waals surface area contributed by atoms with Gasteiger partial charge in [0.15, 0.2) is 10.9 Å². The van der Waals surface area contributed by atoms with E-state index >= 15 is 0 Å². The van der Waals surface area contributed by atoms with Gasteiger partial charge in [-0.25, -0.2) is 9.97 Å².